The van der Waals surface area contributed by atoms with Crippen LogP contribution in [0, 0.1) is 13.8 Å². The molecule has 0 saturated heterocycles. The molecular weight excluding hydrogens is 486 g/mol. The maximum absolute atomic E-state index is 13.4. The Morgan fingerprint density at radius 1 is 1.09 bits per heavy atom. The minimum absolute atomic E-state index is 0.0211. The largest absolute Gasteiger partial charge is 0.490 e. The minimum atomic E-state index is -4.05. The molecule has 0 aliphatic carbocycles. The fraction of sp³-hybridized carbons (Fsp3) is 0.154. The summed E-state index contributed by atoms with van der Waals surface area (Å²) in [6.45, 7) is 7.32. The molecule has 0 atom stereocenters. The summed E-state index contributed by atoms with van der Waals surface area (Å²) in [5.74, 6) is 0.0335. The maximum Gasteiger partial charge on any atom is 0.264 e. The van der Waals surface area contributed by atoms with Gasteiger partial charge in [0, 0.05) is 5.02 Å². The van der Waals surface area contributed by atoms with Crippen LogP contribution in [0.1, 0.15) is 16.7 Å². The van der Waals surface area contributed by atoms with Gasteiger partial charge in [-0.3, -0.25) is 9.10 Å². The molecule has 3 rings (SSSR count). The Labute approximate surface area is 210 Å². The molecule has 9 heteroatoms. The number of halogens is 1. The molecule has 0 bridgehead atoms. The van der Waals surface area contributed by atoms with Gasteiger partial charge in [0.05, 0.1) is 16.8 Å². The van der Waals surface area contributed by atoms with Crippen molar-refractivity contribution in [1.29, 1.82) is 0 Å². The van der Waals surface area contributed by atoms with Crippen LogP contribution in [0.15, 0.2) is 89.4 Å². The molecule has 3 aromatic rings. The van der Waals surface area contributed by atoms with E-state index in [2.05, 4.69) is 17.1 Å². The van der Waals surface area contributed by atoms with Crippen LogP contribution in [0.2, 0.25) is 5.02 Å². The second kappa shape index (κ2) is 11.7. The molecule has 0 saturated carbocycles. The number of nitrogens with zero attached hydrogens (tertiary/aromatic N) is 2. The SMILES string of the molecule is C=CCOc1cccc(/C=N\NC(=O)CN(c2ccc(C)c(C)c2)S(=O)(=O)c2ccc(Cl)cc2)c1. The highest BCUT2D eigenvalue weighted by atomic mass is 35.5. The molecule has 0 heterocycles. The van der Waals surface area contributed by atoms with Crippen LogP contribution in [0.25, 0.3) is 0 Å². The van der Waals surface area contributed by atoms with Gasteiger partial charge in [0.2, 0.25) is 0 Å². The molecule has 0 aromatic heterocycles. The van der Waals surface area contributed by atoms with Gasteiger partial charge >= 0.3 is 0 Å². The summed E-state index contributed by atoms with van der Waals surface area (Å²) in [6, 6.07) is 18.1. The molecule has 3 aromatic carbocycles. The number of anilines is 1. The molecule has 0 aliphatic rings. The third-order valence-electron chi connectivity index (χ3n) is 5.10. The van der Waals surface area contributed by atoms with Crippen molar-refractivity contribution in [2.45, 2.75) is 18.7 Å². The molecule has 7 nitrogen and oxygen atoms in total. The first-order valence-electron chi connectivity index (χ1n) is 10.7. The molecule has 35 heavy (non-hydrogen) atoms. The molecule has 0 aliphatic heterocycles. The van der Waals surface area contributed by atoms with Gasteiger partial charge < -0.3 is 4.74 Å². The molecule has 1 N–H and O–H groups in total. The van der Waals surface area contributed by atoms with Crippen LogP contribution < -0.4 is 14.5 Å². The standard InChI is InChI=1S/C26H26ClN3O4S/c1-4-14-34-24-7-5-6-21(16-24)17-28-29-26(31)18-30(23-11-8-19(2)20(3)15-23)35(32,33)25-12-9-22(27)10-13-25/h4-13,15-17H,1,14,18H2,2-3H3,(H,29,31)/b28-17-. The first kappa shape index (κ1) is 26.0. The third kappa shape index (κ3) is 6.94. The van der Waals surface area contributed by atoms with Gasteiger partial charge in [-0.1, -0.05) is 42.5 Å². The van der Waals surface area contributed by atoms with E-state index in [1.54, 1.807) is 42.5 Å². The topological polar surface area (TPSA) is 88.1 Å². The molecule has 0 fully saturated rings. The quantitative estimate of drug-likeness (QED) is 0.239. The van der Waals surface area contributed by atoms with Crippen LogP contribution in [-0.2, 0) is 14.8 Å². The normalized spacial score (nSPS) is 11.3. The smallest absolute Gasteiger partial charge is 0.264 e. The van der Waals surface area contributed by atoms with E-state index in [-0.39, 0.29) is 4.90 Å². The van der Waals surface area contributed by atoms with Crippen LogP contribution >= 0.6 is 11.6 Å². The molecule has 0 unspecified atom stereocenters. The first-order chi connectivity index (χ1) is 16.7. The van der Waals surface area contributed by atoms with E-state index < -0.39 is 22.5 Å². The molecular formula is C26H26ClN3O4S. The van der Waals surface area contributed by atoms with Crippen molar-refractivity contribution < 1.29 is 17.9 Å². The number of hydrazone groups is 1. The molecule has 1 amide bonds. The number of benzene rings is 3. The number of hydrogen-bond acceptors (Lipinski definition) is 5. The van der Waals surface area contributed by atoms with Crippen molar-refractivity contribution >= 4 is 39.4 Å². The Morgan fingerprint density at radius 3 is 2.51 bits per heavy atom. The van der Waals surface area contributed by atoms with Gasteiger partial charge in [-0.05, 0) is 79.1 Å². The van der Waals surface area contributed by atoms with Crippen LogP contribution in [-0.4, -0.2) is 33.7 Å². The van der Waals surface area contributed by atoms with E-state index in [1.807, 2.05) is 19.9 Å². The van der Waals surface area contributed by atoms with E-state index in [1.165, 1.54) is 30.5 Å². The van der Waals surface area contributed by atoms with Crippen molar-refractivity contribution in [2.75, 3.05) is 17.5 Å². The van der Waals surface area contributed by atoms with Crippen molar-refractivity contribution in [3.05, 3.63) is 101 Å². The zero-order valence-corrected chi connectivity index (χ0v) is 21.0. The Hall–Kier alpha value is -3.62. The van der Waals surface area contributed by atoms with Gasteiger partial charge in [-0.2, -0.15) is 5.10 Å². The summed E-state index contributed by atoms with van der Waals surface area (Å²) in [6.07, 6.45) is 3.09. The first-order valence-corrected chi connectivity index (χ1v) is 12.5. The predicted molar refractivity (Wildman–Crippen MR) is 140 cm³/mol. The van der Waals surface area contributed by atoms with E-state index >= 15 is 0 Å². The maximum atomic E-state index is 13.4. The number of aryl methyl sites for hydroxylation is 2. The lowest BCUT2D eigenvalue weighted by molar-refractivity contribution is -0.119. The number of amides is 1. The van der Waals surface area contributed by atoms with Gasteiger partial charge in [0.25, 0.3) is 15.9 Å². The zero-order chi connectivity index (χ0) is 25.4. The van der Waals surface area contributed by atoms with Gasteiger partial charge in [0.1, 0.15) is 18.9 Å². The summed E-state index contributed by atoms with van der Waals surface area (Å²) in [5, 5.41) is 4.38. The van der Waals surface area contributed by atoms with E-state index in [0.717, 1.165) is 15.4 Å². The summed E-state index contributed by atoms with van der Waals surface area (Å²) >= 11 is 5.92. The average molecular weight is 512 g/mol. The van der Waals surface area contributed by atoms with Crippen molar-refractivity contribution in [3.63, 3.8) is 0 Å². The second-order valence-electron chi connectivity index (χ2n) is 7.70. The van der Waals surface area contributed by atoms with Gasteiger partial charge in [-0.25, -0.2) is 13.8 Å². The summed E-state index contributed by atoms with van der Waals surface area (Å²) < 4.78 is 33.4. The molecule has 182 valence electrons. The zero-order valence-electron chi connectivity index (χ0n) is 19.4. The summed E-state index contributed by atoms with van der Waals surface area (Å²) in [5.41, 5.74) is 5.37. The fourth-order valence-electron chi connectivity index (χ4n) is 3.11. The lowest BCUT2D eigenvalue weighted by Gasteiger charge is -2.24. The van der Waals surface area contributed by atoms with E-state index in [4.69, 9.17) is 16.3 Å². The summed E-state index contributed by atoms with van der Waals surface area (Å²) in [7, 11) is -4.05. The number of sulfonamides is 1. The highest BCUT2D eigenvalue weighted by Crippen LogP contribution is 2.26. The van der Waals surface area contributed by atoms with Gasteiger partial charge in [0.15, 0.2) is 0 Å². The Kier molecular flexibility index (Phi) is 8.68. The average Bonchev–Trinajstić information content (AvgIpc) is 2.83. The monoisotopic (exact) mass is 511 g/mol. The highest BCUT2D eigenvalue weighted by molar-refractivity contribution is 7.92. The summed E-state index contributed by atoms with van der Waals surface area (Å²) in [4.78, 5) is 12.7. The van der Waals surface area contributed by atoms with E-state index in [9.17, 15) is 13.2 Å². The third-order valence-corrected chi connectivity index (χ3v) is 7.14. The van der Waals surface area contributed by atoms with Crippen LogP contribution in [0.5, 0.6) is 5.75 Å². The van der Waals surface area contributed by atoms with E-state index in [0.29, 0.717) is 28.6 Å². The molecule has 0 spiro atoms. The van der Waals surface area contributed by atoms with Crippen LogP contribution in [0.4, 0.5) is 5.69 Å². The van der Waals surface area contributed by atoms with Gasteiger partial charge in [-0.15, -0.1) is 0 Å². The number of rotatable bonds is 10. The number of hydrogen-bond donors (Lipinski definition) is 1. The molecule has 0 radical (unpaired) electrons. The lowest BCUT2D eigenvalue weighted by Crippen LogP contribution is -2.39. The lowest BCUT2D eigenvalue weighted by atomic mass is 10.1. The predicted octanol–water partition coefficient (Wildman–Crippen LogP) is 4.87. The Morgan fingerprint density at radius 2 is 1.83 bits per heavy atom. The number of nitrogens with one attached hydrogen (secondary N) is 1. The highest BCUT2D eigenvalue weighted by Gasteiger charge is 2.27. The van der Waals surface area contributed by atoms with Crippen LogP contribution in [0.3, 0.4) is 0 Å². The Bertz CT molecular complexity index is 1340. The van der Waals surface area contributed by atoms with Crippen molar-refractivity contribution in [2.24, 2.45) is 5.10 Å². The number of carbonyl (C=O) groups is 1. The van der Waals surface area contributed by atoms with Crippen molar-refractivity contribution in [3.8, 4) is 5.75 Å². The number of ether oxygens (including phenoxy) is 1. The minimum Gasteiger partial charge on any atom is -0.490 e. The Balaban J connectivity index is 1.81. The second-order valence-corrected chi connectivity index (χ2v) is 10.00. The van der Waals surface area contributed by atoms with Crippen molar-refractivity contribution in [1.82, 2.24) is 5.43 Å². The number of carbonyl (C=O) groups excluding carboxylic acids is 1. The fourth-order valence-corrected chi connectivity index (χ4v) is 4.65.